The summed E-state index contributed by atoms with van der Waals surface area (Å²) in [5.74, 6) is -0.148. The van der Waals surface area contributed by atoms with Crippen LogP contribution in [0.1, 0.15) is 30.7 Å². The fourth-order valence-corrected chi connectivity index (χ4v) is 5.33. The minimum Gasteiger partial charge on any atom is -0.338 e. The van der Waals surface area contributed by atoms with E-state index in [1.54, 1.807) is 0 Å². The Bertz CT molecular complexity index is 680. The summed E-state index contributed by atoms with van der Waals surface area (Å²) in [7, 11) is -3.01. The van der Waals surface area contributed by atoms with Crippen LogP contribution in [0.15, 0.2) is 6.07 Å². The number of hydrogen-bond acceptors (Lipinski definition) is 4. The first-order valence-electron chi connectivity index (χ1n) is 7.88. The molecule has 2 atom stereocenters. The van der Waals surface area contributed by atoms with E-state index in [9.17, 15) is 13.2 Å². The van der Waals surface area contributed by atoms with Crippen LogP contribution in [0.5, 0.6) is 0 Å². The van der Waals surface area contributed by atoms with E-state index in [1.807, 2.05) is 29.5 Å². The molecule has 0 aromatic carbocycles. The number of nitrogens with zero attached hydrogens (tertiary/aromatic N) is 3. The molecule has 22 heavy (non-hydrogen) atoms. The Hall–Kier alpha value is -1.37. The number of sulfone groups is 1. The molecule has 2 fully saturated rings. The fraction of sp³-hybridized carbons (Fsp3) is 0.733. The molecule has 0 saturated carbocycles. The largest absolute Gasteiger partial charge is 0.338 e. The van der Waals surface area contributed by atoms with Crippen LogP contribution in [0.4, 0.5) is 0 Å². The summed E-state index contributed by atoms with van der Waals surface area (Å²) < 4.78 is 25.1. The van der Waals surface area contributed by atoms with E-state index in [2.05, 4.69) is 5.10 Å². The summed E-state index contributed by atoms with van der Waals surface area (Å²) in [6.45, 7) is 5.42. The van der Waals surface area contributed by atoms with Crippen molar-refractivity contribution in [1.29, 1.82) is 0 Å². The van der Waals surface area contributed by atoms with Gasteiger partial charge in [-0.25, -0.2) is 8.42 Å². The lowest BCUT2D eigenvalue weighted by atomic mass is 10.1. The molecule has 0 radical (unpaired) electrons. The molecule has 0 N–H and O–H groups in total. The number of carbonyl (C=O) groups is 1. The molecule has 1 aromatic heterocycles. The van der Waals surface area contributed by atoms with Gasteiger partial charge in [0.1, 0.15) is 0 Å². The Kier molecular flexibility index (Phi) is 4.01. The van der Waals surface area contributed by atoms with Crippen molar-refractivity contribution in [2.45, 2.75) is 45.7 Å². The number of aryl methyl sites for hydroxylation is 2. The molecular formula is C15H23N3O3S. The quantitative estimate of drug-likeness (QED) is 0.828. The van der Waals surface area contributed by atoms with Crippen molar-refractivity contribution in [3.05, 3.63) is 17.5 Å². The van der Waals surface area contributed by atoms with Crippen LogP contribution in [-0.4, -0.2) is 53.1 Å². The Labute approximate surface area is 131 Å². The zero-order valence-electron chi connectivity index (χ0n) is 13.2. The van der Waals surface area contributed by atoms with Crippen LogP contribution < -0.4 is 0 Å². The standard InChI is InChI=1S/C15H23N3O3S/c1-11-8-12(2)18(16-11)9-14-4-3-6-17(14)15(19)13-5-7-22(20,21)10-13/h8,13-14H,3-7,9-10H2,1-2H3. The summed E-state index contributed by atoms with van der Waals surface area (Å²) >= 11 is 0. The molecule has 2 saturated heterocycles. The van der Waals surface area contributed by atoms with E-state index < -0.39 is 9.84 Å². The molecule has 0 aliphatic carbocycles. The summed E-state index contributed by atoms with van der Waals surface area (Å²) in [4.78, 5) is 14.5. The fourth-order valence-electron chi connectivity index (χ4n) is 3.60. The van der Waals surface area contributed by atoms with Gasteiger partial charge in [0.25, 0.3) is 0 Å². The molecule has 6 nitrogen and oxygen atoms in total. The maximum atomic E-state index is 12.7. The average Bonchev–Trinajstić information content (AvgIpc) is 3.10. The van der Waals surface area contributed by atoms with Crippen molar-refractivity contribution >= 4 is 15.7 Å². The van der Waals surface area contributed by atoms with Crippen LogP contribution >= 0.6 is 0 Å². The van der Waals surface area contributed by atoms with Crippen LogP contribution in [0.2, 0.25) is 0 Å². The van der Waals surface area contributed by atoms with Crippen molar-refractivity contribution in [1.82, 2.24) is 14.7 Å². The van der Waals surface area contributed by atoms with Crippen LogP contribution in [0.25, 0.3) is 0 Å². The van der Waals surface area contributed by atoms with Gasteiger partial charge in [0.2, 0.25) is 5.91 Å². The molecule has 2 unspecified atom stereocenters. The second-order valence-corrected chi connectivity index (χ2v) is 8.77. The summed E-state index contributed by atoms with van der Waals surface area (Å²) in [5, 5.41) is 4.47. The number of amides is 1. The monoisotopic (exact) mass is 325 g/mol. The molecule has 122 valence electrons. The van der Waals surface area contributed by atoms with Crippen molar-refractivity contribution in [2.24, 2.45) is 5.92 Å². The lowest BCUT2D eigenvalue weighted by molar-refractivity contribution is -0.135. The van der Waals surface area contributed by atoms with Gasteiger partial charge < -0.3 is 4.90 Å². The third-order valence-corrected chi connectivity index (χ3v) is 6.50. The Morgan fingerprint density at radius 2 is 2.14 bits per heavy atom. The first kappa shape index (κ1) is 15.5. The second-order valence-electron chi connectivity index (χ2n) is 6.54. The van der Waals surface area contributed by atoms with E-state index in [0.29, 0.717) is 13.0 Å². The van der Waals surface area contributed by atoms with E-state index in [4.69, 9.17) is 0 Å². The highest BCUT2D eigenvalue weighted by Crippen LogP contribution is 2.26. The summed E-state index contributed by atoms with van der Waals surface area (Å²) in [6.07, 6.45) is 2.42. The van der Waals surface area contributed by atoms with Gasteiger partial charge in [-0.05, 0) is 39.2 Å². The van der Waals surface area contributed by atoms with Gasteiger partial charge in [0, 0.05) is 12.2 Å². The normalized spacial score (nSPS) is 27.5. The maximum Gasteiger partial charge on any atom is 0.227 e. The van der Waals surface area contributed by atoms with Gasteiger partial charge in [-0.2, -0.15) is 5.10 Å². The molecule has 3 rings (SSSR count). The number of aromatic nitrogens is 2. The highest BCUT2D eigenvalue weighted by Gasteiger charge is 2.39. The highest BCUT2D eigenvalue weighted by atomic mass is 32.2. The minimum atomic E-state index is -3.01. The second kappa shape index (κ2) is 5.68. The predicted octanol–water partition coefficient (Wildman–Crippen LogP) is 0.926. The van der Waals surface area contributed by atoms with Crippen LogP contribution in [0, 0.1) is 19.8 Å². The Morgan fingerprint density at radius 3 is 2.73 bits per heavy atom. The summed E-state index contributed by atoms with van der Waals surface area (Å²) in [5.41, 5.74) is 2.08. The predicted molar refractivity (Wildman–Crippen MR) is 83.2 cm³/mol. The lowest BCUT2D eigenvalue weighted by Gasteiger charge is -2.27. The van der Waals surface area contributed by atoms with E-state index >= 15 is 0 Å². The third kappa shape index (κ3) is 3.04. The highest BCUT2D eigenvalue weighted by molar-refractivity contribution is 7.91. The lowest BCUT2D eigenvalue weighted by Crippen LogP contribution is -2.42. The molecule has 3 heterocycles. The van der Waals surface area contributed by atoms with E-state index in [-0.39, 0.29) is 29.4 Å². The molecule has 2 aliphatic rings. The average molecular weight is 325 g/mol. The topological polar surface area (TPSA) is 72.3 Å². The Morgan fingerprint density at radius 1 is 1.36 bits per heavy atom. The molecule has 0 bridgehead atoms. The van der Waals surface area contributed by atoms with Crippen molar-refractivity contribution in [2.75, 3.05) is 18.1 Å². The molecule has 0 spiro atoms. The zero-order valence-corrected chi connectivity index (χ0v) is 14.0. The molecule has 2 aliphatic heterocycles. The number of rotatable bonds is 3. The number of hydrogen-bond donors (Lipinski definition) is 0. The molecular weight excluding hydrogens is 302 g/mol. The van der Waals surface area contributed by atoms with Crippen LogP contribution in [-0.2, 0) is 21.2 Å². The molecule has 7 heteroatoms. The maximum absolute atomic E-state index is 12.7. The minimum absolute atomic E-state index is 0.0186. The molecule has 1 aromatic rings. The van der Waals surface area contributed by atoms with Crippen molar-refractivity contribution in [3.8, 4) is 0 Å². The van der Waals surface area contributed by atoms with Gasteiger partial charge in [-0.15, -0.1) is 0 Å². The van der Waals surface area contributed by atoms with Crippen molar-refractivity contribution in [3.63, 3.8) is 0 Å². The summed E-state index contributed by atoms with van der Waals surface area (Å²) in [6, 6.07) is 2.17. The van der Waals surface area contributed by atoms with Crippen molar-refractivity contribution < 1.29 is 13.2 Å². The molecule has 1 amide bonds. The van der Waals surface area contributed by atoms with Crippen LogP contribution in [0.3, 0.4) is 0 Å². The number of likely N-dealkylation sites (tertiary alicyclic amines) is 1. The SMILES string of the molecule is Cc1cc(C)n(CC2CCCN2C(=O)C2CCS(=O)(=O)C2)n1. The first-order chi connectivity index (χ1) is 10.4. The smallest absolute Gasteiger partial charge is 0.227 e. The number of carbonyl (C=O) groups excluding carboxylic acids is 1. The first-order valence-corrected chi connectivity index (χ1v) is 9.70. The van der Waals surface area contributed by atoms with E-state index in [0.717, 1.165) is 30.8 Å². The van der Waals surface area contributed by atoms with Gasteiger partial charge >= 0.3 is 0 Å². The Balaban J connectivity index is 1.70. The van der Waals surface area contributed by atoms with Gasteiger partial charge in [-0.3, -0.25) is 9.48 Å². The van der Waals surface area contributed by atoms with Gasteiger partial charge in [0.05, 0.1) is 35.7 Å². The van der Waals surface area contributed by atoms with Gasteiger partial charge in [0.15, 0.2) is 9.84 Å². The van der Waals surface area contributed by atoms with Gasteiger partial charge in [-0.1, -0.05) is 0 Å². The zero-order chi connectivity index (χ0) is 15.9. The van der Waals surface area contributed by atoms with E-state index in [1.165, 1.54) is 0 Å². The third-order valence-electron chi connectivity index (χ3n) is 4.73.